The van der Waals surface area contributed by atoms with E-state index in [0.717, 1.165) is 31.6 Å². The van der Waals surface area contributed by atoms with Crippen LogP contribution in [0.2, 0.25) is 0 Å². The van der Waals surface area contributed by atoms with E-state index in [4.69, 9.17) is 4.74 Å². The summed E-state index contributed by atoms with van der Waals surface area (Å²) in [7, 11) is 0. The second-order valence-corrected chi connectivity index (χ2v) is 5.71. The molecule has 24 heavy (non-hydrogen) atoms. The van der Waals surface area contributed by atoms with Crippen molar-refractivity contribution in [3.05, 3.63) is 35.4 Å². The van der Waals surface area contributed by atoms with Crippen molar-refractivity contribution in [3.63, 3.8) is 0 Å². The van der Waals surface area contributed by atoms with E-state index in [1.165, 1.54) is 12.1 Å². The number of carbonyl (C=O) groups is 1. The summed E-state index contributed by atoms with van der Waals surface area (Å²) in [6.07, 6.45) is -3.57. The Morgan fingerprint density at radius 2 is 2.21 bits per heavy atom. The van der Waals surface area contributed by atoms with Crippen molar-refractivity contribution in [2.45, 2.75) is 31.2 Å². The average molecular weight is 346 g/mol. The van der Waals surface area contributed by atoms with Crippen LogP contribution in [0.4, 0.5) is 13.2 Å². The Kier molecular flexibility index (Phi) is 6.59. The molecule has 0 spiro atoms. The second-order valence-electron chi connectivity index (χ2n) is 5.71. The van der Waals surface area contributed by atoms with Crippen molar-refractivity contribution in [3.8, 4) is 0 Å². The van der Waals surface area contributed by atoms with Crippen LogP contribution in [0.1, 0.15) is 30.1 Å². The predicted molar refractivity (Wildman–Crippen MR) is 81.3 cm³/mol. The van der Waals surface area contributed by atoms with Crippen LogP contribution < -0.4 is 10.6 Å². The van der Waals surface area contributed by atoms with Crippen LogP contribution in [0.15, 0.2) is 24.3 Å². The highest BCUT2D eigenvalue weighted by Gasteiger charge is 2.30. The Hall–Kier alpha value is -1.64. The largest absolute Gasteiger partial charge is 0.416 e. The number of aliphatic hydroxyl groups is 1. The fourth-order valence-corrected chi connectivity index (χ4v) is 2.47. The number of benzene rings is 1. The summed E-state index contributed by atoms with van der Waals surface area (Å²) in [6.45, 7) is 1.22. The minimum Gasteiger partial charge on any atom is -0.387 e. The zero-order valence-corrected chi connectivity index (χ0v) is 13.1. The van der Waals surface area contributed by atoms with Crippen LogP contribution in [-0.2, 0) is 15.7 Å². The molecule has 1 aromatic rings. The molecule has 2 atom stereocenters. The first-order valence-electron chi connectivity index (χ1n) is 7.80. The Morgan fingerprint density at radius 3 is 2.88 bits per heavy atom. The van der Waals surface area contributed by atoms with Gasteiger partial charge in [0, 0.05) is 19.7 Å². The Morgan fingerprint density at radius 1 is 1.42 bits per heavy atom. The molecule has 1 amide bonds. The van der Waals surface area contributed by atoms with E-state index in [-0.39, 0.29) is 30.7 Å². The first-order chi connectivity index (χ1) is 11.4. The third-order valence-corrected chi connectivity index (χ3v) is 3.77. The lowest BCUT2D eigenvalue weighted by Crippen LogP contribution is -2.38. The maximum atomic E-state index is 12.6. The van der Waals surface area contributed by atoms with Crippen molar-refractivity contribution < 1.29 is 27.8 Å². The minimum atomic E-state index is -4.47. The first kappa shape index (κ1) is 18.7. The van der Waals surface area contributed by atoms with Gasteiger partial charge in [0.1, 0.15) is 0 Å². The van der Waals surface area contributed by atoms with E-state index in [0.29, 0.717) is 6.54 Å². The molecule has 0 aromatic heterocycles. The molecular weight excluding hydrogens is 325 g/mol. The number of alkyl halides is 3. The summed E-state index contributed by atoms with van der Waals surface area (Å²) >= 11 is 0. The van der Waals surface area contributed by atoms with E-state index >= 15 is 0 Å². The summed E-state index contributed by atoms with van der Waals surface area (Å²) in [6, 6.07) is 4.43. The number of hydrogen-bond donors (Lipinski definition) is 3. The van der Waals surface area contributed by atoms with Crippen LogP contribution in [0, 0.1) is 0 Å². The van der Waals surface area contributed by atoms with Gasteiger partial charge < -0.3 is 20.5 Å². The molecule has 2 rings (SSSR count). The van der Waals surface area contributed by atoms with Gasteiger partial charge in [-0.05, 0) is 30.5 Å². The van der Waals surface area contributed by atoms with Gasteiger partial charge in [0.15, 0.2) is 0 Å². The van der Waals surface area contributed by atoms with E-state index in [1.54, 1.807) is 0 Å². The van der Waals surface area contributed by atoms with Gasteiger partial charge in [-0.15, -0.1) is 0 Å². The molecule has 134 valence electrons. The van der Waals surface area contributed by atoms with Gasteiger partial charge in [-0.2, -0.15) is 13.2 Å². The van der Waals surface area contributed by atoms with E-state index in [1.807, 2.05) is 0 Å². The number of rotatable bonds is 7. The molecule has 5 nitrogen and oxygen atoms in total. The molecule has 0 radical (unpaired) electrons. The van der Waals surface area contributed by atoms with Gasteiger partial charge in [0.05, 0.1) is 24.3 Å². The van der Waals surface area contributed by atoms with Crippen molar-refractivity contribution in [2.24, 2.45) is 0 Å². The predicted octanol–water partition coefficient (Wildman–Crippen LogP) is 1.62. The maximum Gasteiger partial charge on any atom is 0.416 e. The van der Waals surface area contributed by atoms with Gasteiger partial charge in [0.25, 0.3) is 0 Å². The third kappa shape index (κ3) is 5.77. The minimum absolute atomic E-state index is 0.0647. The van der Waals surface area contributed by atoms with Crippen molar-refractivity contribution in [2.75, 3.05) is 26.2 Å². The van der Waals surface area contributed by atoms with Gasteiger partial charge >= 0.3 is 6.18 Å². The fraction of sp³-hybridized carbons (Fsp3) is 0.562. The molecule has 0 aliphatic carbocycles. The molecule has 1 aliphatic heterocycles. The molecule has 1 fully saturated rings. The summed E-state index contributed by atoms with van der Waals surface area (Å²) < 4.78 is 43.3. The highest BCUT2D eigenvalue weighted by molar-refractivity contribution is 5.78. The second kappa shape index (κ2) is 8.46. The van der Waals surface area contributed by atoms with Crippen LogP contribution in [0.25, 0.3) is 0 Å². The molecule has 2 unspecified atom stereocenters. The molecule has 0 bridgehead atoms. The molecule has 8 heteroatoms. The molecule has 1 aliphatic rings. The maximum absolute atomic E-state index is 12.6. The number of aliphatic hydroxyl groups excluding tert-OH is 1. The molecule has 3 N–H and O–H groups in total. The van der Waals surface area contributed by atoms with Crippen LogP contribution >= 0.6 is 0 Å². The quantitative estimate of drug-likeness (QED) is 0.702. The number of halogens is 3. The number of amides is 1. The van der Waals surface area contributed by atoms with Gasteiger partial charge in [0.2, 0.25) is 5.91 Å². The normalized spacial score (nSPS) is 19.2. The molecule has 1 saturated heterocycles. The molecule has 0 saturated carbocycles. The lowest BCUT2D eigenvalue weighted by molar-refractivity contribution is -0.137. The van der Waals surface area contributed by atoms with Crippen molar-refractivity contribution in [1.29, 1.82) is 0 Å². The van der Waals surface area contributed by atoms with Gasteiger partial charge in [-0.25, -0.2) is 0 Å². The smallest absolute Gasteiger partial charge is 0.387 e. The van der Waals surface area contributed by atoms with Crippen LogP contribution in [0.3, 0.4) is 0 Å². The number of nitrogens with one attached hydrogen (secondary N) is 2. The first-order valence-corrected chi connectivity index (χ1v) is 7.80. The van der Waals surface area contributed by atoms with Crippen LogP contribution in [-0.4, -0.2) is 43.4 Å². The number of hydrogen-bond acceptors (Lipinski definition) is 4. The van der Waals surface area contributed by atoms with E-state index in [9.17, 15) is 23.1 Å². The van der Waals surface area contributed by atoms with Crippen molar-refractivity contribution in [1.82, 2.24) is 10.6 Å². The van der Waals surface area contributed by atoms with Gasteiger partial charge in [-0.3, -0.25) is 4.79 Å². The Bertz CT molecular complexity index is 546. The highest BCUT2D eigenvalue weighted by Crippen LogP contribution is 2.30. The SMILES string of the molecule is O=C(CNCC1CCCO1)NCC(O)c1cccc(C(F)(F)F)c1. The summed E-state index contributed by atoms with van der Waals surface area (Å²) in [4.78, 5) is 11.7. The third-order valence-electron chi connectivity index (χ3n) is 3.77. The fourth-order valence-electron chi connectivity index (χ4n) is 2.47. The summed E-state index contributed by atoms with van der Waals surface area (Å²) in [5.74, 6) is -0.334. The van der Waals surface area contributed by atoms with E-state index in [2.05, 4.69) is 10.6 Å². The Balaban J connectivity index is 1.73. The molecule has 1 heterocycles. The molecular formula is C16H21F3N2O3. The lowest BCUT2D eigenvalue weighted by atomic mass is 10.1. The Labute approximate surface area is 138 Å². The van der Waals surface area contributed by atoms with Crippen molar-refractivity contribution >= 4 is 5.91 Å². The number of carbonyl (C=O) groups excluding carboxylic acids is 1. The van der Waals surface area contributed by atoms with Crippen LogP contribution in [0.5, 0.6) is 0 Å². The zero-order chi connectivity index (χ0) is 17.6. The molecule has 1 aromatic carbocycles. The topological polar surface area (TPSA) is 70.6 Å². The van der Waals surface area contributed by atoms with Gasteiger partial charge in [-0.1, -0.05) is 12.1 Å². The monoisotopic (exact) mass is 346 g/mol. The number of ether oxygens (including phenoxy) is 1. The van der Waals surface area contributed by atoms with E-state index < -0.39 is 17.8 Å². The summed E-state index contributed by atoms with van der Waals surface area (Å²) in [5.41, 5.74) is -0.721. The lowest BCUT2D eigenvalue weighted by Gasteiger charge is -2.15. The summed E-state index contributed by atoms with van der Waals surface area (Å²) in [5, 5.41) is 15.4. The zero-order valence-electron chi connectivity index (χ0n) is 13.1. The highest BCUT2D eigenvalue weighted by atomic mass is 19.4. The average Bonchev–Trinajstić information content (AvgIpc) is 3.05. The standard InChI is InChI=1S/C16H21F3N2O3/c17-16(18,19)12-4-1-3-11(7-12)14(22)9-21-15(23)10-20-8-13-5-2-6-24-13/h1,3-4,7,13-14,20,22H,2,5-6,8-10H2,(H,21,23).